The minimum Gasteiger partial charge on any atom is -0.389 e. The van der Waals surface area contributed by atoms with Gasteiger partial charge in [0.25, 0.3) is 5.91 Å². The number of hydrogen-bond acceptors (Lipinski definition) is 5. The molecule has 1 saturated heterocycles. The van der Waals surface area contributed by atoms with Crippen LogP contribution >= 0.6 is 11.3 Å². The van der Waals surface area contributed by atoms with Gasteiger partial charge in [-0.05, 0) is 37.0 Å². The average Bonchev–Trinajstić information content (AvgIpc) is 3.48. The highest BCUT2D eigenvalue weighted by Crippen LogP contribution is 2.35. The minimum absolute atomic E-state index is 0.216. The maximum Gasteiger partial charge on any atom is 0.274 e. The number of likely N-dealkylation sites (tertiary alicyclic amines) is 1. The molecule has 1 aliphatic rings. The Morgan fingerprint density at radius 1 is 1.17 bits per heavy atom. The summed E-state index contributed by atoms with van der Waals surface area (Å²) >= 11 is 1.20. The second-order valence-electron chi connectivity index (χ2n) is 8.71. The van der Waals surface area contributed by atoms with Crippen LogP contribution in [-0.4, -0.2) is 43.5 Å². The van der Waals surface area contributed by atoms with Crippen molar-refractivity contribution in [1.29, 1.82) is 0 Å². The molecule has 182 valence electrons. The Bertz CT molecular complexity index is 1350. The zero-order valence-electron chi connectivity index (χ0n) is 18.9. The lowest BCUT2D eigenvalue weighted by molar-refractivity contribution is 0.0572. The van der Waals surface area contributed by atoms with Gasteiger partial charge in [-0.2, -0.15) is 0 Å². The summed E-state index contributed by atoms with van der Waals surface area (Å²) in [5.41, 5.74) is 1.59. The second kappa shape index (κ2) is 9.43. The predicted octanol–water partition coefficient (Wildman–Crippen LogP) is 5.39. The van der Waals surface area contributed by atoms with Crippen molar-refractivity contribution in [2.24, 2.45) is 0 Å². The van der Waals surface area contributed by atoms with E-state index in [1.807, 2.05) is 6.92 Å². The average molecular weight is 501 g/mol. The fourth-order valence-electron chi connectivity index (χ4n) is 4.66. The van der Waals surface area contributed by atoms with Gasteiger partial charge in [-0.3, -0.25) is 4.79 Å². The Hall–Kier alpha value is -3.24. The number of amides is 1. The number of nitrogens with zero attached hydrogens (tertiary/aromatic N) is 3. The highest BCUT2D eigenvalue weighted by atomic mass is 32.1. The second-order valence-corrected chi connectivity index (χ2v) is 9.79. The Labute approximate surface area is 203 Å². The molecule has 1 amide bonds. The molecule has 2 aromatic carbocycles. The van der Waals surface area contributed by atoms with Gasteiger partial charge in [0.2, 0.25) is 0 Å². The highest BCUT2D eigenvalue weighted by Gasteiger charge is 2.35. The van der Waals surface area contributed by atoms with Gasteiger partial charge in [-0.25, -0.2) is 23.1 Å². The van der Waals surface area contributed by atoms with E-state index in [0.717, 1.165) is 31.4 Å². The number of aromatic amines is 1. The first-order valence-corrected chi connectivity index (χ1v) is 12.2. The van der Waals surface area contributed by atoms with Crippen molar-refractivity contribution in [2.75, 3.05) is 6.54 Å². The predicted molar refractivity (Wildman–Crippen MR) is 127 cm³/mol. The van der Waals surface area contributed by atoms with Gasteiger partial charge in [-0.1, -0.05) is 19.1 Å². The third-order valence-corrected chi connectivity index (χ3v) is 7.57. The lowest BCUT2D eigenvalue weighted by Gasteiger charge is -2.38. The van der Waals surface area contributed by atoms with E-state index in [1.165, 1.54) is 23.5 Å². The summed E-state index contributed by atoms with van der Waals surface area (Å²) in [5.74, 6) is -2.26. The first-order chi connectivity index (χ1) is 16.9. The van der Waals surface area contributed by atoms with Gasteiger partial charge in [0.05, 0.1) is 22.5 Å². The summed E-state index contributed by atoms with van der Waals surface area (Å²) in [4.78, 5) is 28.1. The van der Waals surface area contributed by atoms with E-state index >= 15 is 0 Å². The van der Waals surface area contributed by atoms with Gasteiger partial charge in [0, 0.05) is 30.6 Å². The van der Waals surface area contributed by atoms with E-state index in [4.69, 9.17) is 0 Å². The number of benzene rings is 2. The fourth-order valence-corrected chi connectivity index (χ4v) is 5.58. The van der Waals surface area contributed by atoms with Crippen molar-refractivity contribution >= 4 is 28.3 Å². The molecule has 5 rings (SSSR count). The van der Waals surface area contributed by atoms with Crippen LogP contribution in [0.2, 0.25) is 0 Å². The van der Waals surface area contributed by atoms with Gasteiger partial charge in [0.1, 0.15) is 22.3 Å². The van der Waals surface area contributed by atoms with Gasteiger partial charge >= 0.3 is 0 Å². The van der Waals surface area contributed by atoms with Crippen LogP contribution in [0, 0.1) is 17.5 Å². The lowest BCUT2D eigenvalue weighted by Crippen LogP contribution is -2.46. The van der Waals surface area contributed by atoms with Crippen LogP contribution in [0.25, 0.3) is 21.5 Å². The number of aliphatic hydroxyl groups excluding tert-OH is 1. The molecule has 0 spiro atoms. The van der Waals surface area contributed by atoms with E-state index in [1.54, 1.807) is 17.0 Å². The van der Waals surface area contributed by atoms with Crippen LogP contribution in [0.3, 0.4) is 0 Å². The van der Waals surface area contributed by atoms with Crippen LogP contribution in [-0.2, 0) is 6.61 Å². The van der Waals surface area contributed by atoms with E-state index in [9.17, 15) is 23.1 Å². The standard InChI is InChI=1S/C25H23F3N4O2S/c1-13(24-29-18-10-16(27)17(28)11-19(18)30-24)20-4-2-3-9-32(20)25(34)22-23(35-21(12-33)31-22)14-5-7-15(26)8-6-14/h5-8,10-11,13,20,33H,2-4,9,12H2,1H3,(H,29,30). The molecule has 2 aromatic heterocycles. The van der Waals surface area contributed by atoms with Crippen LogP contribution in [0.5, 0.6) is 0 Å². The zero-order chi connectivity index (χ0) is 24.7. The Balaban J connectivity index is 1.49. The monoisotopic (exact) mass is 500 g/mol. The van der Waals surface area contributed by atoms with E-state index < -0.39 is 11.6 Å². The van der Waals surface area contributed by atoms with Crippen molar-refractivity contribution in [2.45, 2.75) is 44.8 Å². The third-order valence-electron chi connectivity index (χ3n) is 6.48. The number of piperidine rings is 1. The molecule has 35 heavy (non-hydrogen) atoms. The number of aromatic nitrogens is 3. The van der Waals surface area contributed by atoms with Gasteiger partial charge in [0.15, 0.2) is 11.6 Å². The summed E-state index contributed by atoms with van der Waals surface area (Å²) in [6.07, 6.45) is 2.48. The molecule has 2 unspecified atom stereocenters. The fraction of sp³-hybridized carbons (Fsp3) is 0.320. The molecule has 2 atom stereocenters. The molecule has 0 bridgehead atoms. The molecule has 1 fully saturated rings. The van der Waals surface area contributed by atoms with Crippen molar-refractivity contribution in [3.05, 3.63) is 70.4 Å². The molecule has 10 heteroatoms. The normalized spacial score (nSPS) is 17.2. The summed E-state index contributed by atoms with van der Waals surface area (Å²) in [6.45, 7) is 2.14. The highest BCUT2D eigenvalue weighted by molar-refractivity contribution is 7.15. The molecule has 0 radical (unpaired) electrons. The summed E-state index contributed by atoms with van der Waals surface area (Å²) in [6, 6.07) is 7.74. The lowest BCUT2D eigenvalue weighted by atomic mass is 9.90. The first kappa shape index (κ1) is 23.5. The Morgan fingerprint density at radius 2 is 1.91 bits per heavy atom. The number of H-pyrrole nitrogens is 1. The maximum atomic E-state index is 13.8. The molecule has 6 nitrogen and oxygen atoms in total. The van der Waals surface area contributed by atoms with Crippen molar-refractivity contribution in [3.63, 3.8) is 0 Å². The van der Waals surface area contributed by atoms with Crippen LogP contribution in [0.1, 0.15) is 53.4 Å². The summed E-state index contributed by atoms with van der Waals surface area (Å²) in [7, 11) is 0. The number of aliphatic hydroxyl groups is 1. The van der Waals surface area contributed by atoms with E-state index in [-0.39, 0.29) is 36.0 Å². The van der Waals surface area contributed by atoms with Gasteiger partial charge < -0.3 is 15.0 Å². The number of thiazole rings is 1. The number of nitrogens with one attached hydrogen (secondary N) is 1. The summed E-state index contributed by atoms with van der Waals surface area (Å²) in [5, 5.41) is 10.1. The number of fused-ring (bicyclic) bond motifs is 1. The van der Waals surface area contributed by atoms with Crippen molar-refractivity contribution in [3.8, 4) is 10.4 Å². The molecule has 4 aromatic rings. The molecule has 2 N–H and O–H groups in total. The topological polar surface area (TPSA) is 82.1 Å². The molecule has 0 aliphatic carbocycles. The van der Waals surface area contributed by atoms with E-state index in [2.05, 4.69) is 15.0 Å². The third kappa shape index (κ3) is 4.43. The SMILES string of the molecule is CC(c1nc2cc(F)c(F)cc2[nH]1)C1CCCCN1C(=O)c1nc(CO)sc1-c1ccc(F)cc1. The molecule has 3 heterocycles. The number of carbonyl (C=O) groups is 1. The smallest absolute Gasteiger partial charge is 0.274 e. The van der Waals surface area contributed by atoms with Crippen LogP contribution in [0.15, 0.2) is 36.4 Å². The zero-order valence-corrected chi connectivity index (χ0v) is 19.7. The maximum absolute atomic E-state index is 13.8. The Morgan fingerprint density at radius 3 is 2.66 bits per heavy atom. The molecular weight excluding hydrogens is 477 g/mol. The van der Waals surface area contributed by atoms with Crippen LogP contribution in [0.4, 0.5) is 13.2 Å². The Kier molecular flexibility index (Phi) is 6.33. The number of rotatable bonds is 5. The quantitative estimate of drug-likeness (QED) is 0.385. The van der Waals surface area contributed by atoms with Crippen molar-refractivity contribution in [1.82, 2.24) is 19.9 Å². The molecular formula is C25H23F3N4O2S. The van der Waals surface area contributed by atoms with Gasteiger partial charge in [-0.15, -0.1) is 11.3 Å². The first-order valence-electron chi connectivity index (χ1n) is 11.4. The van der Waals surface area contributed by atoms with E-state index in [0.29, 0.717) is 38.9 Å². The molecule has 0 saturated carbocycles. The number of carbonyl (C=O) groups excluding carboxylic acids is 1. The minimum atomic E-state index is -0.964. The number of hydrogen-bond donors (Lipinski definition) is 2. The number of imidazole rings is 1. The summed E-state index contributed by atoms with van der Waals surface area (Å²) < 4.78 is 40.8. The van der Waals surface area contributed by atoms with Crippen LogP contribution < -0.4 is 0 Å². The molecule has 1 aliphatic heterocycles. The van der Waals surface area contributed by atoms with Crippen molar-refractivity contribution < 1.29 is 23.1 Å². The number of halogens is 3. The largest absolute Gasteiger partial charge is 0.389 e.